The highest BCUT2D eigenvalue weighted by molar-refractivity contribution is 9.10. The van der Waals surface area contributed by atoms with E-state index in [1.54, 1.807) is 12.1 Å². The fourth-order valence-corrected chi connectivity index (χ4v) is 3.22. The third kappa shape index (κ3) is 3.05. The molecule has 0 unspecified atom stereocenters. The molecule has 3 N–H and O–H groups in total. The molecule has 130 valence electrons. The van der Waals surface area contributed by atoms with Crippen molar-refractivity contribution in [1.29, 1.82) is 5.26 Å². The Morgan fingerprint density at radius 2 is 2.28 bits per heavy atom. The maximum Gasteiger partial charge on any atom is 0.387 e. The number of fused-ring (bicyclic) bond motifs is 1. The van der Waals surface area contributed by atoms with Crippen LogP contribution in [0, 0.1) is 11.3 Å². The van der Waals surface area contributed by atoms with E-state index in [9.17, 15) is 14.0 Å². The second-order valence-electron chi connectivity index (χ2n) is 5.26. The number of aromatic amines is 1. The first-order chi connectivity index (χ1) is 12.0. The van der Waals surface area contributed by atoms with E-state index in [-0.39, 0.29) is 23.1 Å². The number of H-pyrrole nitrogens is 1. The molecule has 0 saturated carbocycles. The number of aromatic nitrogens is 2. The summed E-state index contributed by atoms with van der Waals surface area (Å²) in [6.07, 6.45) is 0.583. The molecule has 0 spiro atoms. The minimum Gasteiger partial charge on any atom is -0.435 e. The minimum atomic E-state index is -3.00. The molecule has 25 heavy (non-hydrogen) atoms. The van der Waals surface area contributed by atoms with Gasteiger partial charge < -0.3 is 15.2 Å². The average molecular weight is 411 g/mol. The van der Waals surface area contributed by atoms with Crippen LogP contribution in [0.2, 0.25) is 0 Å². The van der Waals surface area contributed by atoms with E-state index >= 15 is 0 Å². The Kier molecular flexibility index (Phi) is 4.63. The third-order valence-corrected chi connectivity index (χ3v) is 4.36. The maximum absolute atomic E-state index is 12.8. The Hall–Kier alpha value is -2.60. The van der Waals surface area contributed by atoms with E-state index in [0.717, 1.165) is 5.69 Å². The lowest BCUT2D eigenvalue weighted by Gasteiger charge is -2.25. The van der Waals surface area contributed by atoms with Crippen LogP contribution in [0.3, 0.4) is 0 Å². The van der Waals surface area contributed by atoms with E-state index < -0.39 is 12.5 Å². The van der Waals surface area contributed by atoms with Crippen LogP contribution in [0.15, 0.2) is 34.1 Å². The summed E-state index contributed by atoms with van der Waals surface area (Å²) in [4.78, 5) is 0. The molecule has 9 heteroatoms. The molecule has 1 aromatic carbocycles. The van der Waals surface area contributed by atoms with E-state index in [4.69, 9.17) is 10.5 Å². The first-order valence-electron chi connectivity index (χ1n) is 7.35. The Labute approximate surface area is 150 Å². The third-order valence-electron chi connectivity index (χ3n) is 3.87. The zero-order valence-corrected chi connectivity index (χ0v) is 14.6. The highest BCUT2D eigenvalue weighted by Crippen LogP contribution is 2.46. The molecule has 2 heterocycles. The van der Waals surface area contributed by atoms with Crippen LogP contribution in [-0.2, 0) is 6.42 Å². The lowest BCUT2D eigenvalue weighted by molar-refractivity contribution is -0.0505. The molecule has 1 atom stereocenters. The molecule has 0 amide bonds. The number of nitrogens with zero attached hydrogens (tertiary/aromatic N) is 2. The van der Waals surface area contributed by atoms with Crippen molar-refractivity contribution in [2.24, 2.45) is 5.73 Å². The number of aryl methyl sites for hydroxylation is 1. The molecule has 3 rings (SSSR count). The van der Waals surface area contributed by atoms with Crippen molar-refractivity contribution < 1.29 is 18.3 Å². The summed E-state index contributed by atoms with van der Waals surface area (Å²) in [6.45, 7) is -1.10. The van der Waals surface area contributed by atoms with Crippen LogP contribution in [0.1, 0.15) is 29.7 Å². The Morgan fingerprint density at radius 1 is 1.52 bits per heavy atom. The van der Waals surface area contributed by atoms with Crippen molar-refractivity contribution in [2.75, 3.05) is 0 Å². The van der Waals surface area contributed by atoms with Gasteiger partial charge in [0.25, 0.3) is 0 Å². The summed E-state index contributed by atoms with van der Waals surface area (Å²) in [5.41, 5.74) is 7.65. The van der Waals surface area contributed by atoms with E-state index in [1.165, 1.54) is 6.07 Å². The lowest BCUT2D eigenvalue weighted by Crippen LogP contribution is -2.22. The van der Waals surface area contributed by atoms with E-state index in [1.807, 2.05) is 13.0 Å². The molecule has 1 aromatic heterocycles. The summed E-state index contributed by atoms with van der Waals surface area (Å²) in [7, 11) is 0. The second kappa shape index (κ2) is 6.72. The van der Waals surface area contributed by atoms with Gasteiger partial charge in [-0.05, 0) is 24.6 Å². The van der Waals surface area contributed by atoms with Gasteiger partial charge in [0, 0.05) is 15.7 Å². The molecule has 1 aliphatic rings. The molecule has 0 aliphatic carbocycles. The number of benzene rings is 1. The zero-order valence-electron chi connectivity index (χ0n) is 13.0. The number of hydrogen-bond donors (Lipinski definition) is 2. The predicted octanol–water partition coefficient (Wildman–Crippen LogP) is 3.55. The number of nitriles is 1. The SMILES string of the molecule is CCc1[nH]nc2c1[C@H](c1cc(Br)ccc1OC(F)F)C(C#N)=C(N)O2. The first kappa shape index (κ1) is 17.2. The van der Waals surface area contributed by atoms with Crippen molar-refractivity contribution in [1.82, 2.24) is 10.2 Å². The van der Waals surface area contributed by atoms with Crippen LogP contribution >= 0.6 is 15.9 Å². The number of rotatable bonds is 4. The van der Waals surface area contributed by atoms with Crippen LogP contribution in [-0.4, -0.2) is 16.8 Å². The van der Waals surface area contributed by atoms with Gasteiger partial charge in [0.2, 0.25) is 11.8 Å². The molecule has 2 aromatic rings. The smallest absolute Gasteiger partial charge is 0.387 e. The van der Waals surface area contributed by atoms with Gasteiger partial charge in [0.15, 0.2) is 0 Å². The van der Waals surface area contributed by atoms with E-state index in [2.05, 4.69) is 30.9 Å². The number of nitrogens with two attached hydrogens (primary N) is 1. The summed E-state index contributed by atoms with van der Waals surface area (Å²) < 4.78 is 36.4. The monoisotopic (exact) mass is 410 g/mol. The maximum atomic E-state index is 12.8. The van der Waals surface area contributed by atoms with Crippen molar-refractivity contribution in [3.63, 3.8) is 0 Å². The Balaban J connectivity index is 2.26. The van der Waals surface area contributed by atoms with Crippen molar-refractivity contribution >= 4 is 15.9 Å². The van der Waals surface area contributed by atoms with Crippen molar-refractivity contribution in [2.45, 2.75) is 25.9 Å². The van der Waals surface area contributed by atoms with Crippen molar-refractivity contribution in [3.8, 4) is 17.7 Å². The van der Waals surface area contributed by atoms with Gasteiger partial charge in [-0.2, -0.15) is 14.0 Å². The van der Waals surface area contributed by atoms with E-state index in [0.29, 0.717) is 22.0 Å². The fraction of sp³-hybridized carbons (Fsp3) is 0.250. The number of alkyl halides is 2. The quantitative estimate of drug-likeness (QED) is 0.802. The Bertz CT molecular complexity index is 889. The number of allylic oxidation sites excluding steroid dienone is 1. The molecule has 6 nitrogen and oxygen atoms in total. The zero-order chi connectivity index (χ0) is 18.1. The van der Waals surface area contributed by atoms with Crippen LogP contribution in [0.5, 0.6) is 11.6 Å². The van der Waals surface area contributed by atoms with Gasteiger partial charge in [0.05, 0.1) is 11.5 Å². The standard InChI is InChI=1S/C16H13BrF2N4O2/c1-2-10-13-12(9(6-20)14(21)25-15(13)23-22-10)8-5-7(17)3-4-11(8)24-16(18)19/h3-5,12,16H,2,21H2,1H3,(H,22,23)/t12-/m1/s1. The molecular weight excluding hydrogens is 398 g/mol. The molecule has 1 aliphatic heterocycles. The van der Waals surface area contributed by atoms with Gasteiger partial charge in [0.1, 0.15) is 17.4 Å². The molecule has 0 saturated heterocycles. The first-order valence-corrected chi connectivity index (χ1v) is 8.14. The lowest BCUT2D eigenvalue weighted by atomic mass is 9.83. The molecular formula is C16H13BrF2N4O2. The minimum absolute atomic E-state index is 0.0418. The highest BCUT2D eigenvalue weighted by atomic mass is 79.9. The normalized spacial score (nSPS) is 16.4. The topological polar surface area (TPSA) is 97.0 Å². The summed E-state index contributed by atoms with van der Waals surface area (Å²) >= 11 is 3.32. The van der Waals surface area contributed by atoms with Crippen LogP contribution < -0.4 is 15.2 Å². The summed E-state index contributed by atoms with van der Waals surface area (Å²) in [5.74, 6) is -0.660. The fourth-order valence-electron chi connectivity index (χ4n) is 2.84. The van der Waals surface area contributed by atoms with Gasteiger partial charge in [-0.3, -0.25) is 5.10 Å². The van der Waals surface area contributed by atoms with Gasteiger partial charge in [-0.25, -0.2) is 0 Å². The van der Waals surface area contributed by atoms with Crippen LogP contribution in [0.4, 0.5) is 8.78 Å². The van der Waals surface area contributed by atoms with Crippen LogP contribution in [0.25, 0.3) is 0 Å². The highest BCUT2D eigenvalue weighted by Gasteiger charge is 2.36. The number of ether oxygens (including phenoxy) is 2. The molecule has 0 radical (unpaired) electrons. The summed E-state index contributed by atoms with van der Waals surface area (Å²) in [5, 5.41) is 16.5. The molecule has 0 bridgehead atoms. The second-order valence-corrected chi connectivity index (χ2v) is 6.18. The molecule has 0 fully saturated rings. The largest absolute Gasteiger partial charge is 0.435 e. The van der Waals surface area contributed by atoms with Gasteiger partial charge in [-0.15, -0.1) is 5.10 Å². The summed E-state index contributed by atoms with van der Waals surface area (Å²) in [6, 6.07) is 6.63. The van der Waals surface area contributed by atoms with Crippen molar-refractivity contribution in [3.05, 3.63) is 50.9 Å². The Morgan fingerprint density at radius 3 is 2.92 bits per heavy atom. The predicted molar refractivity (Wildman–Crippen MR) is 88.0 cm³/mol. The number of nitrogens with one attached hydrogen (secondary N) is 1. The average Bonchev–Trinajstić information content (AvgIpc) is 2.97. The van der Waals surface area contributed by atoms with Gasteiger partial charge >= 0.3 is 6.61 Å². The number of hydrogen-bond acceptors (Lipinski definition) is 5. The number of halogens is 3. The van der Waals surface area contributed by atoms with Gasteiger partial charge in [-0.1, -0.05) is 22.9 Å².